The summed E-state index contributed by atoms with van der Waals surface area (Å²) >= 11 is 0. The highest BCUT2D eigenvalue weighted by atomic mass is 35.5. The highest BCUT2D eigenvalue weighted by Crippen LogP contribution is 2.29. The second kappa shape index (κ2) is 9.26. The van der Waals surface area contributed by atoms with Crippen LogP contribution in [0.25, 0.3) is 0 Å². The molecule has 26 heavy (non-hydrogen) atoms. The first-order valence-electron chi connectivity index (χ1n) is 7.96. The molecule has 0 aromatic heterocycles. The number of ether oxygens (including phenoxy) is 1. The lowest BCUT2D eigenvalue weighted by molar-refractivity contribution is -0.385. The van der Waals surface area contributed by atoms with E-state index in [4.69, 9.17) is 4.74 Å². The SMILES string of the molecule is CCOC(=O)c1cc(S(=O)(=O)N2CCCNCC2)cc([N+](=O)[O-])c1C.Cl. The van der Waals surface area contributed by atoms with Crippen LogP contribution in [0.15, 0.2) is 17.0 Å². The number of benzene rings is 1. The van der Waals surface area contributed by atoms with Gasteiger partial charge in [0.1, 0.15) is 0 Å². The molecule has 0 saturated carbocycles. The van der Waals surface area contributed by atoms with Gasteiger partial charge in [0.05, 0.1) is 22.0 Å². The minimum absolute atomic E-state index is 0. The Kier molecular flexibility index (Phi) is 7.94. The third kappa shape index (κ3) is 4.70. The molecule has 0 bridgehead atoms. The molecular weight excluding hydrogens is 386 g/mol. The van der Waals surface area contributed by atoms with E-state index in [0.717, 1.165) is 12.1 Å². The molecule has 1 aliphatic rings. The maximum Gasteiger partial charge on any atom is 0.338 e. The summed E-state index contributed by atoms with van der Waals surface area (Å²) in [4.78, 5) is 22.4. The summed E-state index contributed by atoms with van der Waals surface area (Å²) in [6.45, 7) is 4.86. The molecule has 1 aliphatic heterocycles. The van der Waals surface area contributed by atoms with Gasteiger partial charge >= 0.3 is 5.97 Å². The molecule has 1 aromatic carbocycles. The van der Waals surface area contributed by atoms with Crippen molar-refractivity contribution >= 4 is 34.1 Å². The van der Waals surface area contributed by atoms with E-state index in [1.54, 1.807) is 6.92 Å². The molecule has 1 saturated heterocycles. The lowest BCUT2D eigenvalue weighted by Gasteiger charge is -2.20. The van der Waals surface area contributed by atoms with E-state index in [2.05, 4.69) is 5.32 Å². The summed E-state index contributed by atoms with van der Waals surface area (Å²) in [6.07, 6.45) is 0.637. The van der Waals surface area contributed by atoms with Crippen LogP contribution in [0.1, 0.15) is 29.3 Å². The van der Waals surface area contributed by atoms with Crippen LogP contribution in [0.2, 0.25) is 0 Å². The van der Waals surface area contributed by atoms with Gasteiger partial charge < -0.3 is 10.1 Å². The fraction of sp³-hybridized carbons (Fsp3) is 0.533. The number of carbonyl (C=O) groups is 1. The average molecular weight is 408 g/mol. The molecular formula is C15H22ClN3O6S. The standard InChI is InChI=1S/C15H21N3O6S.ClH/c1-3-24-15(19)13-9-12(10-14(11(13)2)18(20)21)25(22,23)17-7-4-5-16-6-8-17;/h9-10,16H,3-8H2,1-2H3;1H. The molecule has 11 heteroatoms. The second-order valence-electron chi connectivity index (χ2n) is 5.60. The zero-order valence-corrected chi connectivity index (χ0v) is 16.2. The number of halogens is 1. The van der Waals surface area contributed by atoms with Crippen LogP contribution in [-0.2, 0) is 14.8 Å². The van der Waals surface area contributed by atoms with Crippen molar-refractivity contribution in [1.29, 1.82) is 0 Å². The maximum absolute atomic E-state index is 12.9. The van der Waals surface area contributed by atoms with Crippen LogP contribution in [-0.4, -0.2) is 56.4 Å². The zero-order valence-electron chi connectivity index (χ0n) is 14.6. The van der Waals surface area contributed by atoms with Crippen LogP contribution in [0.5, 0.6) is 0 Å². The molecule has 1 aromatic rings. The number of hydrogen-bond acceptors (Lipinski definition) is 7. The quantitative estimate of drug-likeness (QED) is 0.446. The number of carbonyl (C=O) groups excluding carboxylic acids is 1. The fourth-order valence-electron chi connectivity index (χ4n) is 2.64. The predicted molar refractivity (Wildman–Crippen MR) is 97.3 cm³/mol. The number of nitro groups is 1. The van der Waals surface area contributed by atoms with E-state index in [1.807, 2.05) is 0 Å². The Balaban J connectivity index is 0.00000338. The normalized spacial score (nSPS) is 15.6. The molecule has 0 aliphatic carbocycles. The van der Waals surface area contributed by atoms with Crippen molar-refractivity contribution in [3.8, 4) is 0 Å². The van der Waals surface area contributed by atoms with E-state index in [-0.39, 0.29) is 41.6 Å². The number of nitro benzene ring substituents is 1. The molecule has 1 heterocycles. The van der Waals surface area contributed by atoms with Crippen LogP contribution in [0.4, 0.5) is 5.69 Å². The maximum atomic E-state index is 12.9. The summed E-state index contributed by atoms with van der Waals surface area (Å²) in [5.41, 5.74) is -0.445. The number of esters is 1. The van der Waals surface area contributed by atoms with Gasteiger partial charge in [0.2, 0.25) is 10.0 Å². The minimum atomic E-state index is -3.95. The Morgan fingerprint density at radius 2 is 2.04 bits per heavy atom. The fourth-order valence-corrected chi connectivity index (χ4v) is 4.17. The monoisotopic (exact) mass is 407 g/mol. The molecule has 1 N–H and O–H groups in total. The summed E-state index contributed by atoms with van der Waals surface area (Å²) in [6, 6.07) is 2.17. The van der Waals surface area contributed by atoms with Gasteiger partial charge in [-0.1, -0.05) is 0 Å². The smallest absolute Gasteiger partial charge is 0.338 e. The molecule has 0 unspecified atom stereocenters. The molecule has 0 atom stereocenters. The Hall–Kier alpha value is -1.75. The third-order valence-corrected chi connectivity index (χ3v) is 5.86. The van der Waals surface area contributed by atoms with E-state index in [1.165, 1.54) is 11.2 Å². The van der Waals surface area contributed by atoms with Crippen LogP contribution in [0, 0.1) is 17.0 Å². The Bertz CT molecular complexity index is 776. The summed E-state index contributed by atoms with van der Waals surface area (Å²) in [5.74, 6) is -0.780. The van der Waals surface area contributed by atoms with Gasteiger partial charge in [-0.25, -0.2) is 13.2 Å². The van der Waals surface area contributed by atoms with E-state index >= 15 is 0 Å². The first-order chi connectivity index (χ1) is 11.8. The minimum Gasteiger partial charge on any atom is -0.462 e. The van der Waals surface area contributed by atoms with Crippen LogP contribution >= 0.6 is 12.4 Å². The van der Waals surface area contributed by atoms with Crippen molar-refractivity contribution in [2.24, 2.45) is 0 Å². The number of hydrogen-bond donors (Lipinski definition) is 1. The van der Waals surface area contributed by atoms with E-state index in [9.17, 15) is 23.3 Å². The summed E-state index contributed by atoms with van der Waals surface area (Å²) < 4.78 is 31.9. The molecule has 0 amide bonds. The molecule has 2 rings (SSSR count). The van der Waals surface area contributed by atoms with E-state index < -0.39 is 26.6 Å². The Morgan fingerprint density at radius 3 is 2.65 bits per heavy atom. The molecule has 1 fully saturated rings. The summed E-state index contributed by atoms with van der Waals surface area (Å²) in [5, 5.41) is 14.4. The molecule has 0 spiro atoms. The molecule has 9 nitrogen and oxygen atoms in total. The molecule has 146 valence electrons. The number of rotatable bonds is 5. The van der Waals surface area contributed by atoms with Gasteiger partial charge in [-0.05, 0) is 32.9 Å². The third-order valence-electron chi connectivity index (χ3n) is 3.98. The largest absolute Gasteiger partial charge is 0.462 e. The topological polar surface area (TPSA) is 119 Å². The van der Waals surface area contributed by atoms with Crippen molar-refractivity contribution in [2.75, 3.05) is 32.8 Å². The first kappa shape index (κ1) is 22.3. The van der Waals surface area contributed by atoms with Crippen LogP contribution in [0.3, 0.4) is 0 Å². The van der Waals surface area contributed by atoms with Crippen molar-refractivity contribution < 1.29 is 22.9 Å². The van der Waals surface area contributed by atoms with Gasteiger partial charge in [0, 0.05) is 31.3 Å². The predicted octanol–water partition coefficient (Wildman–Crippen LogP) is 1.49. The Morgan fingerprint density at radius 1 is 1.35 bits per heavy atom. The van der Waals surface area contributed by atoms with Crippen molar-refractivity contribution in [3.63, 3.8) is 0 Å². The first-order valence-corrected chi connectivity index (χ1v) is 9.40. The van der Waals surface area contributed by atoms with Gasteiger partial charge in [-0.2, -0.15) is 4.31 Å². The number of sulfonamides is 1. The van der Waals surface area contributed by atoms with Gasteiger partial charge in [0.25, 0.3) is 5.69 Å². The van der Waals surface area contributed by atoms with E-state index in [0.29, 0.717) is 26.1 Å². The highest BCUT2D eigenvalue weighted by molar-refractivity contribution is 7.89. The average Bonchev–Trinajstić information content (AvgIpc) is 2.84. The highest BCUT2D eigenvalue weighted by Gasteiger charge is 2.30. The number of nitrogens with one attached hydrogen (secondary N) is 1. The van der Waals surface area contributed by atoms with Crippen molar-refractivity contribution in [3.05, 3.63) is 33.4 Å². The summed E-state index contributed by atoms with van der Waals surface area (Å²) in [7, 11) is -3.95. The van der Waals surface area contributed by atoms with Crippen LogP contribution < -0.4 is 5.32 Å². The van der Waals surface area contributed by atoms with Gasteiger partial charge in [-0.15, -0.1) is 12.4 Å². The Labute approximate surface area is 158 Å². The van der Waals surface area contributed by atoms with Gasteiger partial charge in [0.15, 0.2) is 0 Å². The van der Waals surface area contributed by atoms with Crippen molar-refractivity contribution in [2.45, 2.75) is 25.2 Å². The van der Waals surface area contributed by atoms with Crippen molar-refractivity contribution in [1.82, 2.24) is 9.62 Å². The molecule has 0 radical (unpaired) electrons. The number of nitrogens with zero attached hydrogens (tertiary/aromatic N) is 2. The zero-order chi connectivity index (χ0) is 18.6. The second-order valence-corrected chi connectivity index (χ2v) is 7.54. The van der Waals surface area contributed by atoms with Gasteiger partial charge in [-0.3, -0.25) is 10.1 Å². The lowest BCUT2D eigenvalue weighted by Crippen LogP contribution is -2.34. The lowest BCUT2D eigenvalue weighted by atomic mass is 10.1.